The number of aliphatic hydroxyl groups is 1. The summed E-state index contributed by atoms with van der Waals surface area (Å²) in [4.78, 5) is 16.2. The molecule has 0 saturated carbocycles. The zero-order valence-electron chi connectivity index (χ0n) is 12.5. The number of hydrogen-bond acceptors (Lipinski definition) is 4. The molecule has 0 saturated heterocycles. The van der Waals surface area contributed by atoms with Crippen LogP contribution in [0.1, 0.15) is 22.3 Å². The van der Waals surface area contributed by atoms with Gasteiger partial charge in [-0.25, -0.2) is 4.39 Å². The van der Waals surface area contributed by atoms with Gasteiger partial charge in [0, 0.05) is 23.5 Å². The maximum atomic E-state index is 13.4. The van der Waals surface area contributed by atoms with Crippen LogP contribution in [0.5, 0.6) is 0 Å². The third kappa shape index (κ3) is 2.98. The van der Waals surface area contributed by atoms with Crippen molar-refractivity contribution in [2.24, 2.45) is 5.10 Å². The molecule has 130 valence electrons. The van der Waals surface area contributed by atoms with Crippen LogP contribution in [-0.4, -0.2) is 38.6 Å². The maximum absolute atomic E-state index is 13.4. The molecule has 0 aliphatic carbocycles. The number of carbonyl (C=O) groups excluding carboxylic acids is 1. The molecule has 2 heterocycles. The summed E-state index contributed by atoms with van der Waals surface area (Å²) in [5.74, 6) is -1.84. The minimum atomic E-state index is -5.14. The minimum Gasteiger partial charge on any atom is -0.362 e. The predicted molar refractivity (Wildman–Crippen MR) is 79.0 cm³/mol. The molecule has 3 rings (SSSR count). The van der Waals surface area contributed by atoms with Gasteiger partial charge in [-0.1, -0.05) is 0 Å². The largest absolute Gasteiger partial charge is 0.438 e. The van der Waals surface area contributed by atoms with Gasteiger partial charge in [0.1, 0.15) is 5.82 Å². The van der Waals surface area contributed by atoms with Crippen LogP contribution in [0.4, 0.5) is 17.6 Å². The molecule has 9 heteroatoms. The normalized spacial score (nSPS) is 20.5. The highest BCUT2D eigenvalue weighted by Crippen LogP contribution is 2.41. The van der Waals surface area contributed by atoms with Crippen molar-refractivity contribution in [2.75, 3.05) is 0 Å². The van der Waals surface area contributed by atoms with Crippen molar-refractivity contribution < 1.29 is 27.5 Å². The second-order valence-corrected chi connectivity index (χ2v) is 5.40. The van der Waals surface area contributed by atoms with E-state index in [0.29, 0.717) is 5.56 Å². The van der Waals surface area contributed by atoms with Gasteiger partial charge in [-0.3, -0.25) is 9.78 Å². The lowest BCUT2D eigenvalue weighted by Crippen LogP contribution is -2.56. The second kappa shape index (κ2) is 5.92. The van der Waals surface area contributed by atoms with Crippen LogP contribution in [0.15, 0.2) is 53.9 Å². The Bertz CT molecular complexity index is 822. The Kier molecular flexibility index (Phi) is 4.03. The number of benzene rings is 1. The van der Waals surface area contributed by atoms with E-state index in [1.165, 1.54) is 24.5 Å². The number of alkyl halides is 3. The molecule has 0 radical (unpaired) electrons. The summed E-state index contributed by atoms with van der Waals surface area (Å²) < 4.78 is 53.3. The summed E-state index contributed by atoms with van der Waals surface area (Å²) in [5, 5.41) is 13.9. The van der Waals surface area contributed by atoms with Crippen molar-refractivity contribution in [3.8, 4) is 0 Å². The Morgan fingerprint density at radius 3 is 2.28 bits per heavy atom. The molecule has 0 spiro atoms. The van der Waals surface area contributed by atoms with E-state index in [2.05, 4.69) is 10.1 Å². The first-order valence-electron chi connectivity index (χ1n) is 7.09. The summed E-state index contributed by atoms with van der Waals surface area (Å²) >= 11 is 0. The number of carbonyl (C=O) groups is 1. The summed E-state index contributed by atoms with van der Waals surface area (Å²) in [6, 6.07) is 6.75. The average Bonchev–Trinajstić information content (AvgIpc) is 2.95. The lowest BCUT2D eigenvalue weighted by atomic mass is 10.0. The first kappa shape index (κ1) is 17.0. The van der Waals surface area contributed by atoms with E-state index in [9.17, 15) is 27.5 Å². The van der Waals surface area contributed by atoms with Crippen LogP contribution in [0.3, 0.4) is 0 Å². The molecule has 0 bridgehead atoms. The maximum Gasteiger partial charge on any atom is 0.438 e. The fourth-order valence-electron chi connectivity index (χ4n) is 2.40. The molecular formula is C16H11F4N3O2. The molecular weight excluding hydrogens is 342 g/mol. The highest BCUT2D eigenvalue weighted by molar-refractivity contribution is 6.05. The van der Waals surface area contributed by atoms with Crippen molar-refractivity contribution in [1.29, 1.82) is 0 Å². The Morgan fingerprint density at radius 2 is 1.72 bits per heavy atom. The zero-order chi connectivity index (χ0) is 18.2. The first-order chi connectivity index (χ1) is 11.7. The highest BCUT2D eigenvalue weighted by Gasteiger charge is 2.63. The summed E-state index contributed by atoms with van der Waals surface area (Å²) in [7, 11) is 0. The van der Waals surface area contributed by atoms with Gasteiger partial charge in [-0.2, -0.15) is 23.3 Å². The molecule has 1 N–H and O–H groups in total. The van der Waals surface area contributed by atoms with Gasteiger partial charge in [0.15, 0.2) is 0 Å². The van der Waals surface area contributed by atoms with Gasteiger partial charge in [-0.05, 0) is 36.4 Å². The lowest BCUT2D eigenvalue weighted by Gasteiger charge is -2.32. The van der Waals surface area contributed by atoms with E-state index >= 15 is 0 Å². The van der Waals surface area contributed by atoms with E-state index < -0.39 is 30.0 Å². The first-order valence-corrected chi connectivity index (χ1v) is 7.09. The van der Waals surface area contributed by atoms with E-state index in [1.807, 2.05) is 0 Å². The van der Waals surface area contributed by atoms with Crippen LogP contribution in [0.2, 0.25) is 0 Å². The monoisotopic (exact) mass is 353 g/mol. The van der Waals surface area contributed by atoms with Crippen LogP contribution in [0.25, 0.3) is 0 Å². The fraction of sp³-hybridized carbons (Fsp3) is 0.188. The quantitative estimate of drug-likeness (QED) is 0.845. The van der Waals surface area contributed by atoms with E-state index in [0.717, 1.165) is 24.3 Å². The number of hydrogen-bond donors (Lipinski definition) is 1. The summed E-state index contributed by atoms with van der Waals surface area (Å²) in [5.41, 5.74) is -3.54. The Morgan fingerprint density at radius 1 is 1.12 bits per heavy atom. The standard InChI is InChI=1S/C16H11F4N3O2/c17-12-3-1-11(2-4-12)14(24)23-15(25,16(18,19)20)9-13(22-23)10-5-7-21-8-6-10/h1-8,25H,9H2. The topological polar surface area (TPSA) is 65.8 Å². The summed E-state index contributed by atoms with van der Waals surface area (Å²) in [6.45, 7) is 0. The van der Waals surface area contributed by atoms with Crippen molar-refractivity contribution in [3.63, 3.8) is 0 Å². The molecule has 0 fully saturated rings. The Labute approximate surface area is 139 Å². The number of hydrazone groups is 1. The number of rotatable bonds is 2. The number of halogens is 4. The second-order valence-electron chi connectivity index (χ2n) is 5.40. The number of aromatic nitrogens is 1. The van der Waals surface area contributed by atoms with E-state index in [-0.39, 0.29) is 16.3 Å². The lowest BCUT2D eigenvalue weighted by molar-refractivity contribution is -0.297. The van der Waals surface area contributed by atoms with Gasteiger partial charge in [0.2, 0.25) is 0 Å². The fourth-order valence-corrected chi connectivity index (χ4v) is 2.40. The molecule has 1 aromatic heterocycles. The smallest absolute Gasteiger partial charge is 0.362 e. The molecule has 25 heavy (non-hydrogen) atoms. The van der Waals surface area contributed by atoms with Crippen LogP contribution in [-0.2, 0) is 0 Å². The number of pyridine rings is 1. The van der Waals surface area contributed by atoms with Crippen molar-refractivity contribution >= 4 is 11.6 Å². The minimum absolute atomic E-state index is 0.00397. The third-order valence-corrected chi connectivity index (χ3v) is 3.74. The van der Waals surface area contributed by atoms with E-state index in [4.69, 9.17) is 0 Å². The van der Waals surface area contributed by atoms with Crippen LogP contribution < -0.4 is 0 Å². The number of amides is 1. The third-order valence-electron chi connectivity index (χ3n) is 3.74. The van der Waals surface area contributed by atoms with Gasteiger partial charge in [-0.15, -0.1) is 0 Å². The van der Waals surface area contributed by atoms with Crippen molar-refractivity contribution in [1.82, 2.24) is 9.99 Å². The zero-order valence-corrected chi connectivity index (χ0v) is 12.5. The SMILES string of the molecule is O=C(c1ccc(F)cc1)N1N=C(c2ccncc2)CC1(O)C(F)(F)F. The van der Waals surface area contributed by atoms with Crippen LogP contribution in [0, 0.1) is 5.82 Å². The molecule has 2 aromatic rings. The van der Waals surface area contributed by atoms with Gasteiger partial charge in [0.05, 0.1) is 12.1 Å². The van der Waals surface area contributed by atoms with Gasteiger partial charge < -0.3 is 5.11 Å². The van der Waals surface area contributed by atoms with Crippen molar-refractivity contribution in [3.05, 3.63) is 65.7 Å². The highest BCUT2D eigenvalue weighted by atomic mass is 19.4. The predicted octanol–water partition coefficient (Wildman–Crippen LogP) is 2.72. The average molecular weight is 353 g/mol. The molecule has 1 aromatic carbocycles. The molecule has 1 aliphatic rings. The molecule has 1 aliphatic heterocycles. The van der Waals surface area contributed by atoms with Crippen LogP contribution >= 0.6 is 0 Å². The number of nitrogens with zero attached hydrogens (tertiary/aromatic N) is 3. The van der Waals surface area contributed by atoms with Gasteiger partial charge in [0.25, 0.3) is 11.6 Å². The Hall–Kier alpha value is -2.81. The Balaban J connectivity index is 2.04. The van der Waals surface area contributed by atoms with Crippen molar-refractivity contribution in [2.45, 2.75) is 18.3 Å². The van der Waals surface area contributed by atoms with Gasteiger partial charge >= 0.3 is 6.18 Å². The molecule has 1 unspecified atom stereocenters. The molecule has 5 nitrogen and oxygen atoms in total. The van der Waals surface area contributed by atoms with E-state index in [1.54, 1.807) is 0 Å². The molecule has 1 atom stereocenters. The summed E-state index contributed by atoms with van der Waals surface area (Å²) in [6.07, 6.45) is -3.35. The molecule has 1 amide bonds.